The summed E-state index contributed by atoms with van der Waals surface area (Å²) in [7, 11) is -2.42. The minimum atomic E-state index is -3.92. The maximum Gasteiger partial charge on any atom is 0.241 e. The minimum absolute atomic E-state index is 0.0500. The van der Waals surface area contributed by atoms with Crippen LogP contribution in [0.3, 0.4) is 0 Å². The highest BCUT2D eigenvalue weighted by molar-refractivity contribution is 7.89. The van der Waals surface area contributed by atoms with Crippen LogP contribution in [0.25, 0.3) is 0 Å². The Morgan fingerprint density at radius 2 is 1.70 bits per heavy atom. The Labute approximate surface area is 194 Å². The van der Waals surface area contributed by atoms with Crippen molar-refractivity contribution < 1.29 is 27.1 Å². The Hall–Kier alpha value is -2.49. The third-order valence-corrected chi connectivity index (χ3v) is 7.57. The molecule has 1 amide bonds. The molecule has 180 valence electrons. The Morgan fingerprint density at radius 1 is 1.09 bits per heavy atom. The summed E-state index contributed by atoms with van der Waals surface area (Å²) in [6, 6.07) is 11.3. The molecule has 0 aromatic heterocycles. The van der Waals surface area contributed by atoms with Crippen LogP contribution < -0.4 is 14.8 Å². The van der Waals surface area contributed by atoms with Gasteiger partial charge in [-0.15, -0.1) is 0 Å². The molecule has 0 spiro atoms. The first-order valence-electron chi connectivity index (χ1n) is 10.9. The van der Waals surface area contributed by atoms with Crippen molar-refractivity contribution in [2.45, 2.75) is 43.0 Å². The monoisotopic (exact) mass is 478 g/mol. The summed E-state index contributed by atoms with van der Waals surface area (Å²) in [5.74, 6) is -0.475. The van der Waals surface area contributed by atoms with Crippen LogP contribution in [0, 0.1) is 11.7 Å². The molecule has 0 aliphatic carbocycles. The third kappa shape index (κ3) is 6.10. The van der Waals surface area contributed by atoms with Gasteiger partial charge in [0, 0.05) is 25.2 Å². The number of halogens is 1. The van der Waals surface area contributed by atoms with Crippen molar-refractivity contribution in [3.63, 3.8) is 0 Å². The second-order valence-corrected chi connectivity index (χ2v) is 10.3. The summed E-state index contributed by atoms with van der Waals surface area (Å²) < 4.78 is 52.4. The Kier molecular flexibility index (Phi) is 8.10. The lowest BCUT2D eigenvalue weighted by Crippen LogP contribution is -2.53. The van der Waals surface area contributed by atoms with Crippen LogP contribution in [-0.4, -0.2) is 47.2 Å². The van der Waals surface area contributed by atoms with Crippen LogP contribution in [0.2, 0.25) is 0 Å². The predicted molar refractivity (Wildman–Crippen MR) is 123 cm³/mol. The second-order valence-electron chi connectivity index (χ2n) is 8.64. The van der Waals surface area contributed by atoms with E-state index in [2.05, 4.69) is 10.0 Å². The summed E-state index contributed by atoms with van der Waals surface area (Å²) >= 11 is 0. The SMILES string of the molecule is COc1ccc(S(=O)(=O)N[C@H](C(=O)NCC2(c3ccc(F)cc3)CCOCC2)C(C)C)cc1. The summed E-state index contributed by atoms with van der Waals surface area (Å²) in [5, 5.41) is 2.94. The van der Waals surface area contributed by atoms with Crippen LogP contribution in [0.5, 0.6) is 5.75 Å². The Bertz CT molecular complexity index is 1030. The van der Waals surface area contributed by atoms with E-state index >= 15 is 0 Å². The predicted octanol–water partition coefficient (Wildman–Crippen LogP) is 3.00. The molecular weight excluding hydrogens is 447 g/mol. The Morgan fingerprint density at radius 3 is 2.24 bits per heavy atom. The number of ether oxygens (including phenoxy) is 2. The quantitative estimate of drug-likeness (QED) is 0.578. The van der Waals surface area contributed by atoms with E-state index in [-0.39, 0.29) is 16.6 Å². The number of hydrogen-bond acceptors (Lipinski definition) is 5. The average Bonchev–Trinajstić information content (AvgIpc) is 2.82. The highest BCUT2D eigenvalue weighted by Gasteiger charge is 2.36. The minimum Gasteiger partial charge on any atom is -0.497 e. The highest BCUT2D eigenvalue weighted by atomic mass is 32.2. The van der Waals surface area contributed by atoms with Gasteiger partial charge in [0.15, 0.2) is 0 Å². The molecule has 0 bridgehead atoms. The smallest absolute Gasteiger partial charge is 0.241 e. The molecule has 7 nitrogen and oxygen atoms in total. The molecule has 2 aromatic rings. The van der Waals surface area contributed by atoms with E-state index in [0.29, 0.717) is 38.3 Å². The molecule has 0 radical (unpaired) electrons. The van der Waals surface area contributed by atoms with Gasteiger partial charge in [0.1, 0.15) is 17.6 Å². The molecule has 9 heteroatoms. The van der Waals surface area contributed by atoms with Gasteiger partial charge in [-0.2, -0.15) is 4.72 Å². The van der Waals surface area contributed by atoms with Gasteiger partial charge in [-0.05, 0) is 60.7 Å². The topological polar surface area (TPSA) is 93.7 Å². The van der Waals surface area contributed by atoms with E-state index in [0.717, 1.165) is 5.56 Å². The van der Waals surface area contributed by atoms with Crippen molar-refractivity contribution in [3.05, 3.63) is 59.9 Å². The lowest BCUT2D eigenvalue weighted by molar-refractivity contribution is -0.124. The van der Waals surface area contributed by atoms with E-state index in [9.17, 15) is 17.6 Å². The molecule has 1 fully saturated rings. The van der Waals surface area contributed by atoms with E-state index in [1.165, 1.54) is 31.4 Å². The molecule has 1 heterocycles. The number of benzene rings is 2. The first kappa shape index (κ1) is 25.1. The van der Waals surface area contributed by atoms with E-state index in [4.69, 9.17) is 9.47 Å². The van der Waals surface area contributed by atoms with Crippen molar-refractivity contribution >= 4 is 15.9 Å². The maximum atomic E-state index is 13.5. The van der Waals surface area contributed by atoms with Gasteiger partial charge in [-0.3, -0.25) is 4.79 Å². The molecule has 1 saturated heterocycles. The Balaban J connectivity index is 1.75. The number of nitrogens with one attached hydrogen (secondary N) is 2. The molecular formula is C24H31FN2O5S. The van der Waals surface area contributed by atoms with Crippen molar-refractivity contribution in [2.75, 3.05) is 26.9 Å². The second kappa shape index (κ2) is 10.6. The van der Waals surface area contributed by atoms with Gasteiger partial charge < -0.3 is 14.8 Å². The third-order valence-electron chi connectivity index (χ3n) is 6.11. The number of methoxy groups -OCH3 is 1. The van der Waals surface area contributed by atoms with E-state index in [1.807, 2.05) is 0 Å². The zero-order valence-electron chi connectivity index (χ0n) is 19.1. The van der Waals surface area contributed by atoms with Crippen LogP contribution in [0.1, 0.15) is 32.3 Å². The standard InChI is InChI=1S/C24H31FN2O5S/c1-17(2)22(27-33(29,30)21-10-8-20(31-3)9-11-21)23(28)26-16-24(12-14-32-15-13-24)18-4-6-19(25)7-5-18/h4-11,17,22,27H,12-16H2,1-3H3,(H,26,28)/t22-/m0/s1. The van der Waals surface area contributed by atoms with Crippen LogP contribution in [0.15, 0.2) is 53.4 Å². The molecule has 1 aliphatic heterocycles. The molecule has 2 N–H and O–H groups in total. The summed E-state index contributed by atoms with van der Waals surface area (Å²) in [4.78, 5) is 13.2. The van der Waals surface area contributed by atoms with Gasteiger partial charge in [0.05, 0.1) is 12.0 Å². The highest BCUT2D eigenvalue weighted by Crippen LogP contribution is 2.34. The molecule has 2 aromatic carbocycles. The normalized spacial score (nSPS) is 16.9. The molecule has 1 aliphatic rings. The lowest BCUT2D eigenvalue weighted by atomic mass is 9.74. The number of amides is 1. The first-order chi connectivity index (χ1) is 15.7. The number of sulfonamides is 1. The maximum absolute atomic E-state index is 13.5. The summed E-state index contributed by atoms with van der Waals surface area (Å²) in [6.07, 6.45) is 1.34. The largest absolute Gasteiger partial charge is 0.497 e. The van der Waals surface area contributed by atoms with Crippen molar-refractivity contribution in [1.82, 2.24) is 10.0 Å². The van der Waals surface area contributed by atoms with Gasteiger partial charge in [-0.1, -0.05) is 26.0 Å². The molecule has 3 rings (SSSR count). The number of hydrogen-bond donors (Lipinski definition) is 2. The fourth-order valence-electron chi connectivity index (χ4n) is 3.98. The zero-order valence-corrected chi connectivity index (χ0v) is 20.0. The zero-order chi connectivity index (χ0) is 24.1. The number of carbonyl (C=O) groups excluding carboxylic acids is 1. The van der Waals surface area contributed by atoms with Crippen LogP contribution >= 0.6 is 0 Å². The first-order valence-corrected chi connectivity index (χ1v) is 12.4. The summed E-state index contributed by atoms with van der Waals surface area (Å²) in [6.45, 7) is 4.93. The lowest BCUT2D eigenvalue weighted by Gasteiger charge is -2.38. The molecule has 0 saturated carbocycles. The van der Waals surface area contributed by atoms with Crippen LogP contribution in [0.4, 0.5) is 4.39 Å². The molecule has 1 atom stereocenters. The van der Waals surface area contributed by atoms with E-state index < -0.39 is 27.4 Å². The fourth-order valence-corrected chi connectivity index (χ4v) is 5.33. The van der Waals surface area contributed by atoms with Gasteiger partial charge in [0.25, 0.3) is 0 Å². The van der Waals surface area contributed by atoms with Gasteiger partial charge in [0.2, 0.25) is 15.9 Å². The van der Waals surface area contributed by atoms with E-state index in [1.54, 1.807) is 38.1 Å². The average molecular weight is 479 g/mol. The number of carbonyl (C=O) groups is 1. The van der Waals surface area contributed by atoms with Crippen molar-refractivity contribution in [3.8, 4) is 5.75 Å². The fraction of sp³-hybridized carbons (Fsp3) is 0.458. The summed E-state index contributed by atoms with van der Waals surface area (Å²) in [5.41, 5.74) is 0.519. The molecule has 33 heavy (non-hydrogen) atoms. The van der Waals surface area contributed by atoms with Crippen molar-refractivity contribution in [2.24, 2.45) is 5.92 Å². The van der Waals surface area contributed by atoms with Gasteiger partial charge >= 0.3 is 0 Å². The van der Waals surface area contributed by atoms with Gasteiger partial charge in [-0.25, -0.2) is 12.8 Å². The van der Waals surface area contributed by atoms with Crippen LogP contribution in [-0.2, 0) is 25.0 Å². The van der Waals surface area contributed by atoms with Crippen molar-refractivity contribution in [1.29, 1.82) is 0 Å². The number of rotatable bonds is 9. The molecule has 0 unspecified atom stereocenters.